The Morgan fingerprint density at radius 3 is 2.67 bits per heavy atom. The third-order valence-electron chi connectivity index (χ3n) is 1.70. The Morgan fingerprint density at radius 1 is 1.67 bits per heavy atom. The van der Waals surface area contributed by atoms with Gasteiger partial charge in [0.05, 0.1) is 4.47 Å². The van der Waals surface area contributed by atoms with E-state index in [0.717, 1.165) is 6.20 Å². The molecule has 0 radical (unpaired) electrons. The summed E-state index contributed by atoms with van der Waals surface area (Å²) in [6.07, 6.45) is -1.75. The van der Waals surface area contributed by atoms with Crippen LogP contribution in [0.3, 0.4) is 0 Å². The predicted octanol–water partition coefficient (Wildman–Crippen LogP) is 3.22. The molecule has 1 heterocycles. The SMILES string of the molecule is O=C(O)c1ncc(CCl)c(C(F)F)c1Br. The maximum atomic E-state index is 12.6. The van der Waals surface area contributed by atoms with Crippen molar-refractivity contribution >= 4 is 33.5 Å². The minimum absolute atomic E-state index is 0.114. The largest absolute Gasteiger partial charge is 0.476 e. The molecule has 0 spiro atoms. The molecule has 0 atom stereocenters. The van der Waals surface area contributed by atoms with Crippen molar-refractivity contribution in [2.24, 2.45) is 0 Å². The lowest BCUT2D eigenvalue weighted by molar-refractivity contribution is 0.0688. The van der Waals surface area contributed by atoms with Crippen molar-refractivity contribution < 1.29 is 18.7 Å². The number of hydrogen-bond acceptors (Lipinski definition) is 2. The second-order valence-corrected chi connectivity index (χ2v) is 3.66. The molecule has 0 amide bonds. The molecule has 82 valence electrons. The molecule has 0 aromatic carbocycles. The van der Waals surface area contributed by atoms with E-state index in [1.807, 2.05) is 0 Å². The Morgan fingerprint density at radius 2 is 2.27 bits per heavy atom. The number of alkyl halides is 3. The number of carboxylic acids is 1. The first-order chi connectivity index (χ1) is 6.99. The summed E-state index contributed by atoms with van der Waals surface area (Å²) in [4.78, 5) is 14.2. The van der Waals surface area contributed by atoms with E-state index in [1.54, 1.807) is 0 Å². The second-order valence-electron chi connectivity index (χ2n) is 2.60. The Hall–Kier alpha value is -0.750. The van der Waals surface area contributed by atoms with Crippen molar-refractivity contribution in [2.75, 3.05) is 0 Å². The van der Waals surface area contributed by atoms with Crippen molar-refractivity contribution in [3.63, 3.8) is 0 Å². The van der Waals surface area contributed by atoms with Gasteiger partial charge < -0.3 is 5.11 Å². The lowest BCUT2D eigenvalue weighted by Crippen LogP contribution is -2.06. The molecule has 0 bridgehead atoms. The Labute approximate surface area is 97.2 Å². The van der Waals surface area contributed by atoms with Gasteiger partial charge in [0.2, 0.25) is 0 Å². The van der Waals surface area contributed by atoms with Gasteiger partial charge in [0.1, 0.15) is 0 Å². The van der Waals surface area contributed by atoms with Crippen LogP contribution in [0.5, 0.6) is 0 Å². The Kier molecular flexibility index (Phi) is 3.98. The smallest absolute Gasteiger partial charge is 0.355 e. The van der Waals surface area contributed by atoms with Gasteiger partial charge in [-0.2, -0.15) is 0 Å². The fourth-order valence-electron chi connectivity index (χ4n) is 1.03. The average Bonchev–Trinajstić information content (AvgIpc) is 2.15. The summed E-state index contributed by atoms with van der Waals surface area (Å²) < 4.78 is 25.0. The lowest BCUT2D eigenvalue weighted by Gasteiger charge is -2.09. The molecule has 0 saturated heterocycles. The quantitative estimate of drug-likeness (QED) is 0.872. The molecular formula is C8H5BrClF2NO2. The van der Waals surface area contributed by atoms with Crippen molar-refractivity contribution in [3.8, 4) is 0 Å². The molecule has 3 nitrogen and oxygen atoms in total. The standard InChI is InChI=1S/C8H5BrClF2NO2/c9-5-4(7(11)12)3(1-10)2-13-6(5)8(14)15/h2,7H,1H2,(H,14,15). The molecule has 1 aromatic rings. The molecule has 0 unspecified atom stereocenters. The van der Waals surface area contributed by atoms with E-state index >= 15 is 0 Å². The van der Waals surface area contributed by atoms with Crippen LogP contribution in [0.4, 0.5) is 8.78 Å². The van der Waals surface area contributed by atoms with Gasteiger partial charge in [-0.3, -0.25) is 0 Å². The summed E-state index contributed by atoms with van der Waals surface area (Å²) >= 11 is 8.23. The maximum Gasteiger partial charge on any atom is 0.355 e. The summed E-state index contributed by atoms with van der Waals surface area (Å²) in [5.41, 5.74) is -0.750. The highest BCUT2D eigenvalue weighted by Gasteiger charge is 2.22. The molecule has 7 heteroatoms. The average molecular weight is 300 g/mol. The monoisotopic (exact) mass is 299 g/mol. The maximum absolute atomic E-state index is 12.6. The van der Waals surface area contributed by atoms with Crippen LogP contribution in [-0.2, 0) is 5.88 Å². The minimum Gasteiger partial charge on any atom is -0.476 e. The number of carboxylic acid groups (broad SMARTS) is 1. The van der Waals surface area contributed by atoms with Crippen LogP contribution in [0.2, 0.25) is 0 Å². The predicted molar refractivity (Wildman–Crippen MR) is 53.4 cm³/mol. The van der Waals surface area contributed by atoms with Crippen molar-refractivity contribution in [1.29, 1.82) is 0 Å². The first-order valence-electron chi connectivity index (χ1n) is 3.73. The van der Waals surface area contributed by atoms with Gasteiger partial charge in [0.25, 0.3) is 6.43 Å². The van der Waals surface area contributed by atoms with E-state index in [0.29, 0.717) is 0 Å². The fourth-order valence-corrected chi connectivity index (χ4v) is 1.94. The van der Waals surface area contributed by atoms with E-state index in [2.05, 4.69) is 20.9 Å². The van der Waals surface area contributed by atoms with Crippen LogP contribution in [0.25, 0.3) is 0 Å². The highest BCUT2D eigenvalue weighted by Crippen LogP contribution is 2.32. The molecule has 1 rings (SSSR count). The van der Waals surface area contributed by atoms with Crippen molar-refractivity contribution in [2.45, 2.75) is 12.3 Å². The van der Waals surface area contributed by atoms with Crippen LogP contribution in [0.1, 0.15) is 28.0 Å². The van der Waals surface area contributed by atoms with Crippen LogP contribution in [0, 0.1) is 0 Å². The number of carbonyl (C=O) groups is 1. The van der Waals surface area contributed by atoms with Gasteiger partial charge in [0.15, 0.2) is 5.69 Å². The van der Waals surface area contributed by atoms with Crippen molar-refractivity contribution in [1.82, 2.24) is 4.98 Å². The zero-order valence-corrected chi connectivity index (χ0v) is 9.52. The van der Waals surface area contributed by atoms with Gasteiger partial charge in [-0.05, 0) is 21.5 Å². The number of aromatic nitrogens is 1. The first-order valence-corrected chi connectivity index (χ1v) is 5.06. The van der Waals surface area contributed by atoms with Crippen molar-refractivity contribution in [3.05, 3.63) is 27.5 Å². The normalized spacial score (nSPS) is 10.7. The lowest BCUT2D eigenvalue weighted by atomic mass is 10.1. The molecule has 0 aliphatic heterocycles. The summed E-state index contributed by atoms with van der Waals surface area (Å²) in [6.45, 7) is 0. The molecule has 1 aromatic heterocycles. The van der Waals surface area contributed by atoms with Crippen LogP contribution >= 0.6 is 27.5 Å². The summed E-state index contributed by atoms with van der Waals surface area (Å²) in [7, 11) is 0. The zero-order chi connectivity index (χ0) is 11.6. The fraction of sp³-hybridized carbons (Fsp3) is 0.250. The van der Waals surface area contributed by atoms with Gasteiger partial charge >= 0.3 is 5.97 Å². The molecule has 0 aliphatic rings. The number of rotatable bonds is 3. The van der Waals surface area contributed by atoms with E-state index < -0.39 is 23.7 Å². The van der Waals surface area contributed by atoms with E-state index in [4.69, 9.17) is 16.7 Å². The third kappa shape index (κ3) is 2.43. The molecule has 0 aliphatic carbocycles. The van der Waals surface area contributed by atoms with Crippen LogP contribution in [0.15, 0.2) is 10.7 Å². The number of aromatic carboxylic acids is 1. The number of hydrogen-bond donors (Lipinski definition) is 1. The Balaban J connectivity index is 3.42. The second kappa shape index (κ2) is 4.85. The Bertz CT molecular complexity index is 400. The summed E-state index contributed by atoms with van der Waals surface area (Å²) in [6, 6.07) is 0. The highest BCUT2D eigenvalue weighted by molar-refractivity contribution is 9.10. The molecular weight excluding hydrogens is 295 g/mol. The van der Waals surface area contributed by atoms with E-state index in [9.17, 15) is 13.6 Å². The van der Waals surface area contributed by atoms with Gasteiger partial charge in [0, 0.05) is 17.6 Å². The van der Waals surface area contributed by atoms with Gasteiger partial charge in [-0.15, -0.1) is 11.6 Å². The molecule has 15 heavy (non-hydrogen) atoms. The molecule has 0 fully saturated rings. The third-order valence-corrected chi connectivity index (χ3v) is 2.80. The summed E-state index contributed by atoms with van der Waals surface area (Å²) in [5.74, 6) is -1.52. The van der Waals surface area contributed by atoms with Gasteiger partial charge in [-0.25, -0.2) is 18.6 Å². The van der Waals surface area contributed by atoms with Crippen LogP contribution < -0.4 is 0 Å². The van der Waals surface area contributed by atoms with E-state index in [1.165, 1.54) is 0 Å². The number of pyridine rings is 1. The summed E-state index contributed by atoms with van der Waals surface area (Å²) in [5, 5.41) is 8.67. The highest BCUT2D eigenvalue weighted by atomic mass is 79.9. The minimum atomic E-state index is -2.80. The number of nitrogens with zero attached hydrogens (tertiary/aromatic N) is 1. The van der Waals surface area contributed by atoms with Gasteiger partial charge in [-0.1, -0.05) is 0 Å². The molecule has 1 N–H and O–H groups in total. The topological polar surface area (TPSA) is 50.2 Å². The zero-order valence-electron chi connectivity index (χ0n) is 7.18. The molecule has 0 saturated carbocycles. The van der Waals surface area contributed by atoms with E-state index in [-0.39, 0.29) is 15.9 Å². The number of halogens is 4. The van der Waals surface area contributed by atoms with Crippen LogP contribution in [-0.4, -0.2) is 16.1 Å². The first kappa shape index (κ1) is 12.3.